The van der Waals surface area contributed by atoms with E-state index in [1.165, 1.54) is 0 Å². The molecule has 0 radical (unpaired) electrons. The Labute approximate surface area is 112 Å². The molecule has 3 N–H and O–H groups in total. The van der Waals surface area contributed by atoms with Crippen LogP contribution in [0.5, 0.6) is 5.75 Å². The molecule has 0 bridgehead atoms. The first kappa shape index (κ1) is 13.3. The van der Waals surface area contributed by atoms with Crippen LogP contribution in [0.25, 0.3) is 11.3 Å². The quantitative estimate of drug-likeness (QED) is 0.774. The van der Waals surface area contributed by atoms with Crippen LogP contribution >= 0.6 is 0 Å². The Morgan fingerprint density at radius 2 is 2.11 bits per heavy atom. The summed E-state index contributed by atoms with van der Waals surface area (Å²) in [4.78, 5) is 8.67. The normalized spacial score (nSPS) is 10.2. The summed E-state index contributed by atoms with van der Waals surface area (Å²) in [5.41, 5.74) is 7.24. The summed E-state index contributed by atoms with van der Waals surface area (Å²) in [6.45, 7) is 1.42. The first-order valence-corrected chi connectivity index (χ1v) is 6.25. The monoisotopic (exact) mass is 258 g/mol. The van der Waals surface area contributed by atoms with Gasteiger partial charge in [0, 0.05) is 18.3 Å². The number of anilines is 1. The number of para-hydroxylation sites is 1. The highest BCUT2D eigenvalue weighted by Gasteiger charge is 2.07. The molecular weight excluding hydrogens is 240 g/mol. The Hall–Kier alpha value is -2.14. The maximum atomic E-state index is 5.45. The number of hydrogen-bond donors (Lipinski definition) is 2. The van der Waals surface area contributed by atoms with Crippen molar-refractivity contribution in [2.24, 2.45) is 5.73 Å². The largest absolute Gasteiger partial charge is 0.496 e. The van der Waals surface area contributed by atoms with Gasteiger partial charge in [0.05, 0.1) is 12.8 Å². The predicted molar refractivity (Wildman–Crippen MR) is 76.2 cm³/mol. The molecule has 2 rings (SSSR count). The zero-order valence-electron chi connectivity index (χ0n) is 11.0. The highest BCUT2D eigenvalue weighted by molar-refractivity contribution is 5.67. The van der Waals surface area contributed by atoms with Gasteiger partial charge in [-0.2, -0.15) is 0 Å². The molecule has 5 heteroatoms. The van der Waals surface area contributed by atoms with Crippen molar-refractivity contribution in [3.05, 3.63) is 36.5 Å². The predicted octanol–water partition coefficient (Wildman–Crippen LogP) is 1.91. The van der Waals surface area contributed by atoms with Crippen molar-refractivity contribution in [1.82, 2.24) is 9.97 Å². The molecule has 0 aliphatic rings. The van der Waals surface area contributed by atoms with Crippen LogP contribution in [0.15, 0.2) is 36.5 Å². The van der Waals surface area contributed by atoms with Gasteiger partial charge in [-0.15, -0.1) is 0 Å². The number of benzene rings is 1. The Balaban J connectivity index is 2.22. The summed E-state index contributed by atoms with van der Waals surface area (Å²) in [5, 5.41) is 3.15. The van der Waals surface area contributed by atoms with Crippen LogP contribution in [-0.2, 0) is 0 Å². The molecule has 0 saturated heterocycles. The lowest BCUT2D eigenvalue weighted by Gasteiger charge is -2.09. The topological polar surface area (TPSA) is 73.1 Å². The fraction of sp³-hybridized carbons (Fsp3) is 0.286. The van der Waals surface area contributed by atoms with Gasteiger partial charge in [-0.05, 0) is 31.2 Å². The van der Waals surface area contributed by atoms with Crippen molar-refractivity contribution in [1.29, 1.82) is 0 Å². The molecular formula is C14H18N4O. The molecule has 1 aromatic heterocycles. The van der Waals surface area contributed by atoms with E-state index >= 15 is 0 Å². The molecule has 0 amide bonds. The summed E-state index contributed by atoms with van der Waals surface area (Å²) in [6.07, 6.45) is 2.63. The average Bonchev–Trinajstić information content (AvgIpc) is 2.48. The minimum Gasteiger partial charge on any atom is -0.496 e. The fourth-order valence-electron chi connectivity index (χ4n) is 1.75. The van der Waals surface area contributed by atoms with Gasteiger partial charge in [0.25, 0.3) is 0 Å². The van der Waals surface area contributed by atoms with Crippen LogP contribution in [0.1, 0.15) is 6.42 Å². The second kappa shape index (κ2) is 6.70. The lowest BCUT2D eigenvalue weighted by molar-refractivity contribution is 0.416. The Bertz CT molecular complexity index is 530. The third-order valence-electron chi connectivity index (χ3n) is 2.70. The zero-order chi connectivity index (χ0) is 13.5. The lowest BCUT2D eigenvalue weighted by Crippen LogP contribution is -2.10. The van der Waals surface area contributed by atoms with E-state index in [1.54, 1.807) is 13.3 Å². The number of methoxy groups -OCH3 is 1. The second-order valence-electron chi connectivity index (χ2n) is 4.03. The number of ether oxygens (including phenoxy) is 1. The van der Waals surface area contributed by atoms with Crippen LogP contribution in [0, 0.1) is 0 Å². The van der Waals surface area contributed by atoms with Crippen LogP contribution in [0.2, 0.25) is 0 Å². The number of hydrogen-bond acceptors (Lipinski definition) is 5. The molecule has 5 nitrogen and oxygen atoms in total. The number of aromatic nitrogens is 2. The molecule has 0 unspecified atom stereocenters. The first-order chi connectivity index (χ1) is 9.35. The summed E-state index contributed by atoms with van der Waals surface area (Å²) in [6, 6.07) is 9.65. The SMILES string of the molecule is COc1ccccc1-c1ccnc(NCCCN)n1. The van der Waals surface area contributed by atoms with Gasteiger partial charge in [-0.3, -0.25) is 0 Å². The lowest BCUT2D eigenvalue weighted by atomic mass is 10.1. The summed E-state index contributed by atoms with van der Waals surface area (Å²) >= 11 is 0. The van der Waals surface area contributed by atoms with E-state index in [4.69, 9.17) is 10.5 Å². The van der Waals surface area contributed by atoms with Gasteiger partial charge in [0.1, 0.15) is 5.75 Å². The summed E-state index contributed by atoms with van der Waals surface area (Å²) in [5.74, 6) is 1.41. The molecule has 0 fully saturated rings. The van der Waals surface area contributed by atoms with Gasteiger partial charge in [-0.25, -0.2) is 9.97 Å². The molecule has 1 heterocycles. The van der Waals surface area contributed by atoms with E-state index in [0.29, 0.717) is 12.5 Å². The van der Waals surface area contributed by atoms with Gasteiger partial charge >= 0.3 is 0 Å². The van der Waals surface area contributed by atoms with Crippen LogP contribution in [0.3, 0.4) is 0 Å². The molecule has 100 valence electrons. The van der Waals surface area contributed by atoms with Crippen molar-refractivity contribution in [3.8, 4) is 17.0 Å². The van der Waals surface area contributed by atoms with Gasteiger partial charge in [0.2, 0.25) is 5.95 Å². The number of nitrogens with zero attached hydrogens (tertiary/aromatic N) is 2. The Kier molecular flexibility index (Phi) is 4.69. The van der Waals surface area contributed by atoms with E-state index in [-0.39, 0.29) is 0 Å². The molecule has 0 saturated carbocycles. The van der Waals surface area contributed by atoms with Gasteiger partial charge in [-0.1, -0.05) is 12.1 Å². The minimum atomic E-state index is 0.608. The molecule has 0 spiro atoms. The smallest absolute Gasteiger partial charge is 0.223 e. The zero-order valence-corrected chi connectivity index (χ0v) is 11.0. The van der Waals surface area contributed by atoms with Crippen LogP contribution < -0.4 is 15.8 Å². The molecule has 19 heavy (non-hydrogen) atoms. The van der Waals surface area contributed by atoms with E-state index in [0.717, 1.165) is 30.0 Å². The summed E-state index contributed by atoms with van der Waals surface area (Å²) < 4.78 is 5.34. The van der Waals surface area contributed by atoms with E-state index < -0.39 is 0 Å². The molecule has 0 aliphatic heterocycles. The summed E-state index contributed by atoms with van der Waals surface area (Å²) in [7, 11) is 1.65. The second-order valence-corrected chi connectivity index (χ2v) is 4.03. The number of nitrogens with one attached hydrogen (secondary N) is 1. The third kappa shape index (κ3) is 3.42. The van der Waals surface area contributed by atoms with Crippen LogP contribution in [-0.4, -0.2) is 30.2 Å². The van der Waals surface area contributed by atoms with Crippen molar-refractivity contribution < 1.29 is 4.74 Å². The number of nitrogens with two attached hydrogens (primary N) is 1. The average molecular weight is 258 g/mol. The Morgan fingerprint density at radius 3 is 2.89 bits per heavy atom. The maximum Gasteiger partial charge on any atom is 0.223 e. The standard InChI is InChI=1S/C14H18N4O/c1-19-13-6-3-2-5-11(13)12-7-10-17-14(18-12)16-9-4-8-15/h2-3,5-7,10H,4,8-9,15H2,1H3,(H,16,17,18). The molecule has 0 atom stereocenters. The molecule has 2 aromatic rings. The highest BCUT2D eigenvalue weighted by Crippen LogP contribution is 2.28. The fourth-order valence-corrected chi connectivity index (χ4v) is 1.75. The van der Waals surface area contributed by atoms with Crippen LogP contribution in [0.4, 0.5) is 5.95 Å². The number of rotatable bonds is 6. The molecule has 1 aromatic carbocycles. The first-order valence-electron chi connectivity index (χ1n) is 6.25. The molecule has 0 aliphatic carbocycles. The van der Waals surface area contributed by atoms with Crippen molar-refractivity contribution in [3.63, 3.8) is 0 Å². The minimum absolute atomic E-state index is 0.608. The van der Waals surface area contributed by atoms with E-state index in [9.17, 15) is 0 Å². The highest BCUT2D eigenvalue weighted by atomic mass is 16.5. The third-order valence-corrected chi connectivity index (χ3v) is 2.70. The van der Waals surface area contributed by atoms with Crippen molar-refractivity contribution in [2.75, 3.05) is 25.5 Å². The Morgan fingerprint density at radius 1 is 1.26 bits per heavy atom. The van der Waals surface area contributed by atoms with Gasteiger partial charge in [0.15, 0.2) is 0 Å². The van der Waals surface area contributed by atoms with Gasteiger partial charge < -0.3 is 15.8 Å². The van der Waals surface area contributed by atoms with E-state index in [2.05, 4.69) is 15.3 Å². The maximum absolute atomic E-state index is 5.45. The van der Waals surface area contributed by atoms with Crippen molar-refractivity contribution >= 4 is 5.95 Å². The van der Waals surface area contributed by atoms with E-state index in [1.807, 2.05) is 30.3 Å². The van der Waals surface area contributed by atoms with Crippen molar-refractivity contribution in [2.45, 2.75) is 6.42 Å².